The molecule has 1 aromatic rings. The lowest BCUT2D eigenvalue weighted by Crippen LogP contribution is -2.38. The van der Waals surface area contributed by atoms with E-state index in [1.807, 2.05) is 26.0 Å². The van der Waals surface area contributed by atoms with Crippen molar-refractivity contribution >= 4 is 29.2 Å². The van der Waals surface area contributed by atoms with Crippen LogP contribution in [0.5, 0.6) is 0 Å². The second-order valence-electron chi connectivity index (χ2n) is 5.77. The fourth-order valence-electron chi connectivity index (χ4n) is 2.33. The Bertz CT molecular complexity index is 527. The number of carbonyl (C=O) groups excluding carboxylic acids is 2. The molecule has 4 heteroatoms. The van der Waals surface area contributed by atoms with Gasteiger partial charge in [-0.05, 0) is 17.5 Å². The zero-order valence-corrected chi connectivity index (χ0v) is 11.2. The lowest BCUT2D eigenvalue weighted by atomic mass is 9.72. The Morgan fingerprint density at radius 1 is 1.21 bits per heavy atom. The third-order valence-electron chi connectivity index (χ3n) is 3.30. The van der Waals surface area contributed by atoms with Gasteiger partial charge in [-0.3, -0.25) is 14.6 Å². The third-order valence-corrected chi connectivity index (χ3v) is 3.30. The highest BCUT2D eigenvalue weighted by atomic mass is 16.2. The predicted molar refractivity (Wildman–Crippen MR) is 75.5 cm³/mol. The van der Waals surface area contributed by atoms with Gasteiger partial charge in [-0.15, -0.1) is 0 Å². The maximum absolute atomic E-state index is 12.0. The Hall–Kier alpha value is -1.97. The minimum absolute atomic E-state index is 0.0560. The van der Waals surface area contributed by atoms with Crippen LogP contribution in [0.25, 0.3) is 0 Å². The molecule has 2 N–H and O–H groups in total. The van der Waals surface area contributed by atoms with Crippen LogP contribution in [-0.2, 0) is 9.59 Å². The quantitative estimate of drug-likeness (QED) is 0.503. The highest BCUT2D eigenvalue weighted by Gasteiger charge is 2.38. The van der Waals surface area contributed by atoms with Gasteiger partial charge >= 0.3 is 0 Å². The van der Waals surface area contributed by atoms with E-state index in [1.165, 1.54) is 6.21 Å². The first-order chi connectivity index (χ1) is 8.89. The van der Waals surface area contributed by atoms with Gasteiger partial charge < -0.3 is 5.73 Å². The number of aliphatic imine (C=N–C) groups is 1. The minimum atomic E-state index is -0.715. The Kier molecular flexibility index (Phi) is 3.51. The first-order valence-corrected chi connectivity index (χ1v) is 6.33. The number of ketones is 2. The molecule has 0 amide bonds. The van der Waals surface area contributed by atoms with Gasteiger partial charge in [0, 0.05) is 19.1 Å². The van der Waals surface area contributed by atoms with Crippen molar-refractivity contribution in [3.63, 3.8) is 0 Å². The summed E-state index contributed by atoms with van der Waals surface area (Å²) in [5.74, 6) is -0.827. The molecule has 0 unspecified atom stereocenters. The molecule has 0 bridgehead atoms. The lowest BCUT2D eigenvalue weighted by Gasteiger charge is -2.30. The first-order valence-electron chi connectivity index (χ1n) is 6.33. The summed E-state index contributed by atoms with van der Waals surface area (Å²) >= 11 is 0. The van der Waals surface area contributed by atoms with Gasteiger partial charge in [0.25, 0.3) is 0 Å². The first kappa shape index (κ1) is 13.5. The molecule has 1 aliphatic carbocycles. The molecule has 1 saturated carbocycles. The molecule has 2 rings (SSSR count). The average Bonchev–Trinajstić information content (AvgIpc) is 2.28. The summed E-state index contributed by atoms with van der Waals surface area (Å²) in [6.07, 6.45) is 2.27. The van der Waals surface area contributed by atoms with Crippen LogP contribution in [0.2, 0.25) is 0 Å². The number of Topliss-reactive ketones (excluding diaryl/α,β-unsaturated/α-hetero) is 2. The van der Waals surface area contributed by atoms with Crippen LogP contribution in [0.4, 0.5) is 11.4 Å². The van der Waals surface area contributed by atoms with E-state index in [4.69, 9.17) is 5.73 Å². The van der Waals surface area contributed by atoms with E-state index < -0.39 is 5.92 Å². The predicted octanol–water partition coefficient (Wildman–Crippen LogP) is 2.55. The Morgan fingerprint density at radius 3 is 2.37 bits per heavy atom. The molecular formula is C15H18N2O2. The van der Waals surface area contributed by atoms with Gasteiger partial charge in [0.1, 0.15) is 17.5 Å². The van der Waals surface area contributed by atoms with Gasteiger partial charge in [0.15, 0.2) is 0 Å². The van der Waals surface area contributed by atoms with Crippen molar-refractivity contribution in [3.05, 3.63) is 24.3 Å². The fraction of sp³-hybridized carbons (Fsp3) is 0.400. The number of anilines is 1. The zero-order valence-electron chi connectivity index (χ0n) is 11.2. The number of carbonyl (C=O) groups is 2. The SMILES string of the molecule is CC1(C)CC(=O)C(C=Nc2ccccc2N)C(=O)C1. The van der Waals surface area contributed by atoms with Crippen LogP contribution in [0.15, 0.2) is 29.3 Å². The largest absolute Gasteiger partial charge is 0.397 e. The number of hydrogen-bond donors (Lipinski definition) is 1. The summed E-state index contributed by atoms with van der Waals surface area (Å²) in [4.78, 5) is 28.2. The number of nitrogens with two attached hydrogens (primary N) is 1. The number of nitrogens with zero attached hydrogens (tertiary/aromatic N) is 1. The molecule has 4 nitrogen and oxygen atoms in total. The van der Waals surface area contributed by atoms with Crippen LogP contribution in [-0.4, -0.2) is 17.8 Å². The number of rotatable bonds is 2. The third kappa shape index (κ3) is 3.08. The van der Waals surface area contributed by atoms with Gasteiger partial charge in [-0.1, -0.05) is 26.0 Å². The Labute approximate surface area is 112 Å². The van der Waals surface area contributed by atoms with E-state index in [1.54, 1.807) is 12.1 Å². The van der Waals surface area contributed by atoms with Gasteiger partial charge in [0.2, 0.25) is 0 Å². The summed E-state index contributed by atoms with van der Waals surface area (Å²) in [5, 5.41) is 0. The molecule has 0 aromatic heterocycles. The molecular weight excluding hydrogens is 240 g/mol. The summed E-state index contributed by atoms with van der Waals surface area (Å²) in [6.45, 7) is 3.87. The van der Waals surface area contributed by atoms with E-state index in [9.17, 15) is 9.59 Å². The number of para-hydroxylation sites is 2. The molecule has 1 aliphatic rings. The molecule has 0 atom stereocenters. The summed E-state index contributed by atoms with van der Waals surface area (Å²) in [5.41, 5.74) is 6.66. The topological polar surface area (TPSA) is 72.5 Å². The van der Waals surface area contributed by atoms with E-state index in [2.05, 4.69) is 4.99 Å². The van der Waals surface area contributed by atoms with Crippen molar-refractivity contribution in [1.82, 2.24) is 0 Å². The van der Waals surface area contributed by atoms with Crippen LogP contribution in [0.3, 0.4) is 0 Å². The smallest absolute Gasteiger partial charge is 0.149 e. The molecule has 0 aliphatic heterocycles. The van der Waals surface area contributed by atoms with Crippen LogP contribution in [0.1, 0.15) is 26.7 Å². The van der Waals surface area contributed by atoms with Crippen LogP contribution in [0, 0.1) is 11.3 Å². The number of benzene rings is 1. The Balaban J connectivity index is 2.18. The van der Waals surface area contributed by atoms with Crippen molar-refractivity contribution in [2.24, 2.45) is 16.3 Å². The molecule has 1 aromatic carbocycles. The maximum atomic E-state index is 12.0. The van der Waals surface area contributed by atoms with Crippen molar-refractivity contribution < 1.29 is 9.59 Å². The average molecular weight is 258 g/mol. The Morgan fingerprint density at radius 2 is 1.79 bits per heavy atom. The molecule has 100 valence electrons. The number of nitrogen functional groups attached to an aromatic ring is 1. The van der Waals surface area contributed by atoms with E-state index >= 15 is 0 Å². The van der Waals surface area contributed by atoms with E-state index in [-0.39, 0.29) is 17.0 Å². The summed E-state index contributed by atoms with van der Waals surface area (Å²) in [7, 11) is 0. The second kappa shape index (κ2) is 4.96. The normalized spacial score (nSPS) is 20.1. The van der Waals surface area contributed by atoms with Gasteiger partial charge in [-0.2, -0.15) is 0 Å². The summed E-state index contributed by atoms with van der Waals surface area (Å²) in [6, 6.07) is 7.12. The maximum Gasteiger partial charge on any atom is 0.149 e. The standard InChI is InChI=1S/C15H18N2O2/c1-15(2)7-13(18)10(14(19)8-15)9-17-12-6-4-3-5-11(12)16/h3-6,9-10H,7-8,16H2,1-2H3. The van der Waals surface area contributed by atoms with Crippen molar-refractivity contribution in [2.45, 2.75) is 26.7 Å². The van der Waals surface area contributed by atoms with Crippen LogP contribution >= 0.6 is 0 Å². The highest BCUT2D eigenvalue weighted by Crippen LogP contribution is 2.33. The van der Waals surface area contributed by atoms with Crippen LogP contribution < -0.4 is 5.73 Å². The summed E-state index contributed by atoms with van der Waals surface area (Å²) < 4.78 is 0. The molecule has 1 fully saturated rings. The highest BCUT2D eigenvalue weighted by molar-refractivity contribution is 6.16. The lowest BCUT2D eigenvalue weighted by molar-refractivity contribution is -0.136. The number of hydrogen-bond acceptors (Lipinski definition) is 4. The van der Waals surface area contributed by atoms with Gasteiger partial charge in [-0.25, -0.2) is 0 Å². The molecule has 19 heavy (non-hydrogen) atoms. The van der Waals surface area contributed by atoms with E-state index in [0.29, 0.717) is 24.2 Å². The van der Waals surface area contributed by atoms with E-state index in [0.717, 1.165) is 0 Å². The fourth-order valence-corrected chi connectivity index (χ4v) is 2.33. The molecule has 0 heterocycles. The monoisotopic (exact) mass is 258 g/mol. The van der Waals surface area contributed by atoms with Crippen molar-refractivity contribution in [3.8, 4) is 0 Å². The molecule has 0 radical (unpaired) electrons. The minimum Gasteiger partial charge on any atom is -0.397 e. The van der Waals surface area contributed by atoms with Crippen molar-refractivity contribution in [1.29, 1.82) is 0 Å². The van der Waals surface area contributed by atoms with Gasteiger partial charge in [0.05, 0.1) is 11.4 Å². The molecule has 0 spiro atoms. The zero-order chi connectivity index (χ0) is 14.0. The second-order valence-corrected chi connectivity index (χ2v) is 5.77. The van der Waals surface area contributed by atoms with Crippen molar-refractivity contribution in [2.75, 3.05) is 5.73 Å². The molecule has 0 saturated heterocycles.